The van der Waals surface area contributed by atoms with Crippen molar-refractivity contribution in [3.8, 4) is 0 Å². The van der Waals surface area contributed by atoms with Gasteiger partial charge in [-0.15, -0.1) is 0 Å². The topological polar surface area (TPSA) is 54.5 Å². The number of nitrogens with zero attached hydrogens (tertiary/aromatic N) is 1. The molecule has 2 aromatic rings. The van der Waals surface area contributed by atoms with Crippen molar-refractivity contribution in [1.82, 2.24) is 4.31 Å². The third kappa shape index (κ3) is 4.05. The van der Waals surface area contributed by atoms with E-state index in [1.165, 1.54) is 44.4 Å². The van der Waals surface area contributed by atoms with Gasteiger partial charge >= 0.3 is 0 Å². The van der Waals surface area contributed by atoms with E-state index in [-0.39, 0.29) is 10.7 Å². The molecule has 0 aliphatic carbocycles. The van der Waals surface area contributed by atoms with Crippen LogP contribution >= 0.6 is 23.2 Å². The Balaban J connectivity index is 2.22. The van der Waals surface area contributed by atoms with Gasteiger partial charge in [-0.2, -0.15) is 0 Å². The molecular weight excluding hydrogens is 369 g/mol. The predicted molar refractivity (Wildman–Crippen MR) is 97.1 cm³/mol. The fourth-order valence-electron chi connectivity index (χ4n) is 1.91. The number of carbonyl (C=O) groups excluding carboxylic acids is 1. The number of sulfonamides is 1. The van der Waals surface area contributed by atoms with Crippen LogP contribution in [0.2, 0.25) is 10.0 Å². The molecule has 0 N–H and O–H groups in total. The van der Waals surface area contributed by atoms with E-state index < -0.39 is 10.0 Å². The van der Waals surface area contributed by atoms with Crippen LogP contribution in [-0.2, 0) is 10.0 Å². The molecular formula is C17H15Cl2NO3S. The smallest absolute Gasteiger partial charge is 0.242 e. The van der Waals surface area contributed by atoms with Crippen molar-refractivity contribution in [3.05, 3.63) is 69.7 Å². The summed E-state index contributed by atoms with van der Waals surface area (Å²) in [4.78, 5) is 12.3. The van der Waals surface area contributed by atoms with Gasteiger partial charge in [-0.3, -0.25) is 4.79 Å². The SMILES string of the molecule is CN(C)S(=O)(=O)c1ccc(C(=O)C=Cc2cccc(Cl)c2Cl)cc1. The molecule has 2 rings (SSSR count). The van der Waals surface area contributed by atoms with Crippen molar-refractivity contribution >= 4 is 45.1 Å². The molecule has 0 bridgehead atoms. The Morgan fingerprint density at radius 2 is 1.67 bits per heavy atom. The lowest BCUT2D eigenvalue weighted by Gasteiger charge is -2.11. The Bertz CT molecular complexity index is 889. The molecule has 0 amide bonds. The predicted octanol–water partition coefficient (Wildman–Crippen LogP) is 4.14. The van der Waals surface area contributed by atoms with E-state index in [9.17, 15) is 13.2 Å². The molecule has 0 unspecified atom stereocenters. The number of hydrogen-bond donors (Lipinski definition) is 0. The molecule has 0 heterocycles. The first-order chi connectivity index (χ1) is 11.2. The zero-order valence-corrected chi connectivity index (χ0v) is 15.4. The lowest BCUT2D eigenvalue weighted by atomic mass is 10.1. The summed E-state index contributed by atoms with van der Waals surface area (Å²) in [5, 5.41) is 0.778. The lowest BCUT2D eigenvalue weighted by Crippen LogP contribution is -2.22. The Morgan fingerprint density at radius 3 is 2.25 bits per heavy atom. The zero-order chi connectivity index (χ0) is 17.9. The Kier molecular flexibility index (Phi) is 5.83. The largest absolute Gasteiger partial charge is 0.289 e. The standard InChI is InChI=1S/C17H15Cl2NO3S/c1-20(2)24(22,23)14-9-6-12(7-10-14)16(21)11-8-13-4-3-5-15(18)17(13)19/h3-11H,1-2H3. The minimum atomic E-state index is -3.51. The van der Waals surface area contributed by atoms with E-state index in [4.69, 9.17) is 23.2 Å². The van der Waals surface area contributed by atoms with Gasteiger partial charge in [0.25, 0.3) is 0 Å². The third-order valence-corrected chi connectivity index (χ3v) is 5.98. The molecule has 0 atom stereocenters. The molecule has 0 fully saturated rings. The molecule has 4 nitrogen and oxygen atoms in total. The van der Waals surface area contributed by atoms with Crippen LogP contribution in [0.15, 0.2) is 53.4 Å². The Labute approximate surface area is 151 Å². The van der Waals surface area contributed by atoms with Crippen LogP contribution in [0.3, 0.4) is 0 Å². The van der Waals surface area contributed by atoms with Crippen molar-refractivity contribution in [2.45, 2.75) is 4.90 Å². The molecule has 0 aliphatic heterocycles. The second-order valence-corrected chi connectivity index (χ2v) is 8.09. The maximum atomic E-state index is 12.2. The number of hydrogen-bond acceptors (Lipinski definition) is 3. The van der Waals surface area contributed by atoms with Gasteiger partial charge in [-0.05, 0) is 48.0 Å². The van der Waals surface area contributed by atoms with Crippen molar-refractivity contribution in [1.29, 1.82) is 0 Å². The van der Waals surface area contributed by atoms with E-state index in [1.807, 2.05) is 0 Å². The van der Waals surface area contributed by atoms with Crippen LogP contribution in [0.25, 0.3) is 6.08 Å². The minimum Gasteiger partial charge on any atom is -0.289 e. The van der Waals surface area contributed by atoms with E-state index in [2.05, 4.69) is 0 Å². The summed E-state index contributed by atoms with van der Waals surface area (Å²) in [6.07, 6.45) is 2.94. The lowest BCUT2D eigenvalue weighted by molar-refractivity contribution is 0.104. The van der Waals surface area contributed by atoms with Crippen molar-refractivity contribution in [3.63, 3.8) is 0 Å². The minimum absolute atomic E-state index is 0.130. The number of benzene rings is 2. The Morgan fingerprint density at radius 1 is 1.04 bits per heavy atom. The average molecular weight is 384 g/mol. The monoisotopic (exact) mass is 383 g/mol. The summed E-state index contributed by atoms with van der Waals surface area (Å²) < 4.78 is 25.1. The number of rotatable bonds is 5. The normalized spacial score (nSPS) is 12.0. The molecule has 0 radical (unpaired) electrons. The van der Waals surface area contributed by atoms with Crippen LogP contribution in [0.5, 0.6) is 0 Å². The summed E-state index contributed by atoms with van der Waals surface area (Å²) >= 11 is 12.0. The van der Waals surface area contributed by atoms with Gasteiger partial charge in [0.2, 0.25) is 10.0 Å². The summed E-state index contributed by atoms with van der Waals surface area (Å²) in [5.74, 6) is -0.264. The van der Waals surface area contributed by atoms with Gasteiger partial charge in [-0.25, -0.2) is 12.7 Å². The maximum Gasteiger partial charge on any atom is 0.242 e. The van der Waals surface area contributed by atoms with Crippen LogP contribution < -0.4 is 0 Å². The molecule has 126 valence electrons. The molecule has 24 heavy (non-hydrogen) atoms. The van der Waals surface area contributed by atoms with E-state index in [0.717, 1.165) is 4.31 Å². The van der Waals surface area contributed by atoms with Crippen LogP contribution in [0.4, 0.5) is 0 Å². The second kappa shape index (κ2) is 7.49. The highest BCUT2D eigenvalue weighted by Crippen LogP contribution is 2.26. The first kappa shape index (κ1) is 18.7. The zero-order valence-electron chi connectivity index (χ0n) is 13.0. The summed E-state index contributed by atoms with van der Waals surface area (Å²) in [6.45, 7) is 0. The second-order valence-electron chi connectivity index (χ2n) is 5.15. The van der Waals surface area contributed by atoms with Crippen LogP contribution in [0.1, 0.15) is 15.9 Å². The quantitative estimate of drug-likeness (QED) is 0.575. The summed E-state index contributed by atoms with van der Waals surface area (Å²) in [5.41, 5.74) is 1.01. The van der Waals surface area contributed by atoms with E-state index in [0.29, 0.717) is 21.2 Å². The summed E-state index contributed by atoms with van der Waals surface area (Å²) in [6, 6.07) is 10.9. The highest BCUT2D eigenvalue weighted by molar-refractivity contribution is 7.89. The van der Waals surface area contributed by atoms with E-state index in [1.54, 1.807) is 24.3 Å². The molecule has 2 aromatic carbocycles. The molecule has 0 saturated heterocycles. The molecule has 0 aromatic heterocycles. The van der Waals surface area contributed by atoms with Gasteiger partial charge in [0.05, 0.1) is 14.9 Å². The first-order valence-corrected chi connectivity index (χ1v) is 9.12. The Hall–Kier alpha value is -1.66. The van der Waals surface area contributed by atoms with Crippen LogP contribution in [-0.4, -0.2) is 32.6 Å². The van der Waals surface area contributed by atoms with E-state index >= 15 is 0 Å². The molecule has 0 aliphatic rings. The fraction of sp³-hybridized carbons (Fsp3) is 0.118. The number of halogens is 2. The molecule has 0 spiro atoms. The van der Waals surface area contributed by atoms with Gasteiger partial charge < -0.3 is 0 Å². The molecule has 7 heteroatoms. The van der Waals surface area contributed by atoms with Gasteiger partial charge in [0, 0.05) is 19.7 Å². The van der Waals surface area contributed by atoms with Gasteiger partial charge in [0.1, 0.15) is 0 Å². The summed E-state index contributed by atoms with van der Waals surface area (Å²) in [7, 11) is -0.613. The average Bonchev–Trinajstić information content (AvgIpc) is 2.56. The number of allylic oxidation sites excluding steroid dienone is 1. The van der Waals surface area contributed by atoms with Crippen molar-refractivity contribution < 1.29 is 13.2 Å². The maximum absolute atomic E-state index is 12.2. The van der Waals surface area contributed by atoms with Crippen molar-refractivity contribution in [2.24, 2.45) is 0 Å². The third-order valence-electron chi connectivity index (χ3n) is 3.31. The van der Waals surface area contributed by atoms with Crippen LogP contribution in [0, 0.1) is 0 Å². The highest BCUT2D eigenvalue weighted by atomic mass is 35.5. The first-order valence-electron chi connectivity index (χ1n) is 6.92. The number of carbonyl (C=O) groups is 1. The van der Waals surface area contributed by atoms with Gasteiger partial charge in [0.15, 0.2) is 5.78 Å². The van der Waals surface area contributed by atoms with Crippen molar-refractivity contribution in [2.75, 3.05) is 14.1 Å². The highest BCUT2D eigenvalue weighted by Gasteiger charge is 2.17. The van der Waals surface area contributed by atoms with Gasteiger partial charge in [-0.1, -0.05) is 35.3 Å². The fourth-order valence-corrected chi connectivity index (χ4v) is 3.19. The number of ketones is 1. The molecule has 0 saturated carbocycles.